The normalized spacial score (nSPS) is 14.4. The maximum absolute atomic E-state index is 12.4. The Morgan fingerprint density at radius 3 is 2.44 bits per heavy atom. The molecule has 0 radical (unpaired) electrons. The molecule has 2 aromatic rings. The van der Waals surface area contributed by atoms with Gasteiger partial charge in [0.15, 0.2) is 0 Å². The Hall–Kier alpha value is -2.41. The van der Waals surface area contributed by atoms with E-state index in [0.717, 1.165) is 30.0 Å². The zero-order valence-electron chi connectivity index (χ0n) is 14.2. The number of carbonyl (C=O) groups is 1. The van der Waals surface area contributed by atoms with Crippen molar-refractivity contribution in [1.82, 2.24) is 4.90 Å². The lowest BCUT2D eigenvalue weighted by Crippen LogP contribution is -2.29. The molecule has 0 saturated carbocycles. The van der Waals surface area contributed by atoms with Crippen LogP contribution in [0.25, 0.3) is 0 Å². The number of anilines is 1. The van der Waals surface area contributed by atoms with Crippen molar-refractivity contribution in [3.05, 3.63) is 57.0 Å². The van der Waals surface area contributed by atoms with Crippen molar-refractivity contribution in [3.63, 3.8) is 0 Å². The van der Waals surface area contributed by atoms with Crippen LogP contribution in [0.3, 0.4) is 0 Å². The fourth-order valence-electron chi connectivity index (χ4n) is 3.04. The average Bonchev–Trinajstić information content (AvgIpc) is 3.13. The third-order valence-electron chi connectivity index (χ3n) is 4.41. The molecule has 6 nitrogen and oxygen atoms in total. The SMILES string of the molecule is CN(Cc1ccc(N2CCCCC2)cc1)C(=O)c1ccc([N+](=O)[O-])s1. The van der Waals surface area contributed by atoms with Gasteiger partial charge in [0.05, 0.1) is 9.80 Å². The smallest absolute Gasteiger partial charge is 0.324 e. The van der Waals surface area contributed by atoms with E-state index in [-0.39, 0.29) is 10.9 Å². The summed E-state index contributed by atoms with van der Waals surface area (Å²) in [5, 5.41) is 10.7. The molecule has 1 amide bonds. The van der Waals surface area contributed by atoms with Gasteiger partial charge < -0.3 is 9.80 Å². The number of benzene rings is 1. The van der Waals surface area contributed by atoms with E-state index in [4.69, 9.17) is 0 Å². The molecule has 0 aliphatic carbocycles. The first-order valence-corrected chi connectivity index (χ1v) is 9.20. The van der Waals surface area contributed by atoms with Gasteiger partial charge in [0.25, 0.3) is 5.91 Å². The van der Waals surface area contributed by atoms with Crippen molar-refractivity contribution >= 4 is 27.9 Å². The maximum Gasteiger partial charge on any atom is 0.324 e. The van der Waals surface area contributed by atoms with Crippen molar-refractivity contribution in [2.75, 3.05) is 25.0 Å². The van der Waals surface area contributed by atoms with Crippen LogP contribution >= 0.6 is 11.3 Å². The first-order valence-electron chi connectivity index (χ1n) is 8.38. The first kappa shape index (κ1) is 17.4. The Kier molecular flexibility index (Phi) is 5.33. The molecule has 1 aliphatic heterocycles. The summed E-state index contributed by atoms with van der Waals surface area (Å²) in [6.07, 6.45) is 3.79. The van der Waals surface area contributed by atoms with Crippen molar-refractivity contribution in [1.29, 1.82) is 0 Å². The predicted molar refractivity (Wildman–Crippen MR) is 99.3 cm³/mol. The van der Waals surface area contributed by atoms with E-state index >= 15 is 0 Å². The minimum absolute atomic E-state index is 0.0114. The van der Waals surface area contributed by atoms with E-state index in [0.29, 0.717) is 11.4 Å². The third-order valence-corrected chi connectivity index (χ3v) is 5.43. The number of rotatable bonds is 5. The van der Waals surface area contributed by atoms with Gasteiger partial charge >= 0.3 is 5.00 Å². The molecule has 0 unspecified atom stereocenters. The standard InChI is InChI=1S/C18H21N3O3S/c1-19(18(22)16-9-10-17(25-16)21(23)24)13-14-5-7-15(8-6-14)20-11-3-2-4-12-20/h5-10H,2-4,11-13H2,1H3. The quantitative estimate of drug-likeness (QED) is 0.599. The monoisotopic (exact) mass is 359 g/mol. The van der Waals surface area contributed by atoms with Crippen molar-refractivity contribution in [3.8, 4) is 0 Å². The predicted octanol–water partition coefficient (Wildman–Crippen LogP) is 3.92. The third kappa shape index (κ3) is 4.17. The molecule has 1 aliphatic rings. The molecule has 1 aromatic heterocycles. The number of thiophene rings is 1. The van der Waals surface area contributed by atoms with Crippen LogP contribution in [-0.4, -0.2) is 35.9 Å². The summed E-state index contributed by atoms with van der Waals surface area (Å²) >= 11 is 0.912. The average molecular weight is 359 g/mol. The van der Waals surface area contributed by atoms with E-state index in [9.17, 15) is 14.9 Å². The second-order valence-corrected chi connectivity index (χ2v) is 7.33. The van der Waals surface area contributed by atoms with Crippen LogP contribution in [0.5, 0.6) is 0 Å². The molecule has 0 spiro atoms. The summed E-state index contributed by atoms with van der Waals surface area (Å²) in [4.78, 5) is 27.1. The van der Waals surface area contributed by atoms with Crippen LogP contribution in [0, 0.1) is 10.1 Å². The molecular weight excluding hydrogens is 338 g/mol. The minimum atomic E-state index is -0.471. The zero-order valence-corrected chi connectivity index (χ0v) is 15.0. The number of nitro groups is 1. The van der Waals surface area contributed by atoms with Crippen molar-refractivity contribution in [2.45, 2.75) is 25.8 Å². The number of amides is 1. The Morgan fingerprint density at radius 2 is 1.84 bits per heavy atom. The van der Waals surface area contributed by atoms with Gasteiger partial charge in [-0.25, -0.2) is 0 Å². The summed E-state index contributed by atoms with van der Waals surface area (Å²) in [6.45, 7) is 2.69. The summed E-state index contributed by atoms with van der Waals surface area (Å²) in [5.41, 5.74) is 2.27. The lowest BCUT2D eigenvalue weighted by molar-refractivity contribution is -0.380. The Balaban J connectivity index is 1.62. The lowest BCUT2D eigenvalue weighted by Gasteiger charge is -2.29. The van der Waals surface area contributed by atoms with Crippen LogP contribution in [-0.2, 0) is 6.54 Å². The van der Waals surface area contributed by atoms with Gasteiger partial charge in [0.2, 0.25) is 0 Å². The summed E-state index contributed by atoms with van der Waals surface area (Å²) in [5.74, 6) is -0.196. The molecule has 2 heterocycles. The minimum Gasteiger partial charge on any atom is -0.372 e. The van der Waals surface area contributed by atoms with Crippen LogP contribution in [0.15, 0.2) is 36.4 Å². The van der Waals surface area contributed by atoms with Crippen LogP contribution in [0.1, 0.15) is 34.5 Å². The van der Waals surface area contributed by atoms with E-state index in [1.165, 1.54) is 37.1 Å². The molecule has 1 fully saturated rings. The van der Waals surface area contributed by atoms with E-state index in [1.807, 2.05) is 12.1 Å². The molecule has 1 saturated heterocycles. The molecule has 0 bridgehead atoms. The van der Waals surface area contributed by atoms with Crippen molar-refractivity contribution < 1.29 is 9.72 Å². The van der Waals surface area contributed by atoms with Gasteiger partial charge in [-0.2, -0.15) is 0 Å². The number of carbonyl (C=O) groups excluding carboxylic acids is 1. The molecule has 3 rings (SSSR count). The highest BCUT2D eigenvalue weighted by molar-refractivity contribution is 7.17. The molecule has 0 atom stereocenters. The van der Waals surface area contributed by atoms with Gasteiger partial charge in [-0.15, -0.1) is 0 Å². The summed E-state index contributed by atoms with van der Waals surface area (Å²) < 4.78 is 0. The summed E-state index contributed by atoms with van der Waals surface area (Å²) in [7, 11) is 1.71. The molecule has 1 aromatic carbocycles. The second-order valence-electron chi connectivity index (χ2n) is 6.27. The van der Waals surface area contributed by atoms with Crippen LogP contribution in [0.4, 0.5) is 10.7 Å². The molecule has 0 N–H and O–H groups in total. The second kappa shape index (κ2) is 7.65. The van der Waals surface area contributed by atoms with E-state index in [2.05, 4.69) is 17.0 Å². The van der Waals surface area contributed by atoms with Crippen LogP contribution in [0.2, 0.25) is 0 Å². The fraction of sp³-hybridized carbons (Fsp3) is 0.389. The van der Waals surface area contributed by atoms with Gasteiger partial charge in [0.1, 0.15) is 0 Å². The molecule has 25 heavy (non-hydrogen) atoms. The fourth-order valence-corrected chi connectivity index (χ4v) is 3.85. The van der Waals surface area contributed by atoms with Crippen molar-refractivity contribution in [2.24, 2.45) is 0 Å². The topological polar surface area (TPSA) is 66.7 Å². The van der Waals surface area contributed by atoms with Crippen LogP contribution < -0.4 is 4.90 Å². The number of hydrogen-bond donors (Lipinski definition) is 0. The molecule has 132 valence electrons. The highest BCUT2D eigenvalue weighted by atomic mass is 32.1. The van der Waals surface area contributed by atoms with Gasteiger partial charge in [0, 0.05) is 38.4 Å². The first-order chi connectivity index (χ1) is 12.0. The maximum atomic E-state index is 12.4. The molecular formula is C18H21N3O3S. The van der Waals surface area contributed by atoms with E-state index < -0.39 is 4.92 Å². The van der Waals surface area contributed by atoms with E-state index in [1.54, 1.807) is 11.9 Å². The Bertz CT molecular complexity index is 751. The highest BCUT2D eigenvalue weighted by Gasteiger charge is 2.18. The number of hydrogen-bond acceptors (Lipinski definition) is 5. The Labute approximate surface area is 150 Å². The van der Waals surface area contributed by atoms with Gasteiger partial charge in [-0.3, -0.25) is 14.9 Å². The lowest BCUT2D eigenvalue weighted by atomic mass is 10.1. The van der Waals surface area contributed by atoms with Gasteiger partial charge in [-0.1, -0.05) is 23.5 Å². The Morgan fingerprint density at radius 1 is 1.16 bits per heavy atom. The number of piperidine rings is 1. The largest absolute Gasteiger partial charge is 0.372 e. The highest BCUT2D eigenvalue weighted by Crippen LogP contribution is 2.25. The molecule has 7 heteroatoms. The number of nitrogens with zero attached hydrogens (tertiary/aromatic N) is 3. The summed E-state index contributed by atoms with van der Waals surface area (Å²) in [6, 6.07) is 11.2. The zero-order chi connectivity index (χ0) is 17.8. The van der Waals surface area contributed by atoms with Gasteiger partial charge in [-0.05, 0) is 43.0 Å².